The van der Waals surface area contributed by atoms with Gasteiger partial charge >= 0.3 is 0 Å². The molecule has 0 saturated carbocycles. The Morgan fingerprint density at radius 3 is 2.68 bits per heavy atom. The molecule has 2 heterocycles. The van der Waals surface area contributed by atoms with Gasteiger partial charge in [0.2, 0.25) is 5.91 Å². The Kier molecular flexibility index (Phi) is 4.32. The summed E-state index contributed by atoms with van der Waals surface area (Å²) in [7, 11) is -3.71. The summed E-state index contributed by atoms with van der Waals surface area (Å²) in [6.45, 7) is 4.14. The summed E-state index contributed by atoms with van der Waals surface area (Å²) in [6, 6.07) is 3.18. The molecule has 1 aliphatic rings. The number of hydrogen-bond acceptors (Lipinski definition) is 5. The Hall–Kier alpha value is -0.860. The predicted molar refractivity (Wildman–Crippen MR) is 78.0 cm³/mol. The molecule has 0 aliphatic carbocycles. The molecule has 1 atom stereocenters. The highest BCUT2D eigenvalue weighted by molar-refractivity contribution is 8.16. The number of amides is 1. The molecule has 0 unspecified atom stereocenters. The number of carbonyl (C=O) groups excluding carboxylic acids is 1. The molecular formula is C11H14N2O3S3. The average Bonchev–Trinajstić information content (AvgIpc) is 2.97. The van der Waals surface area contributed by atoms with Gasteiger partial charge in [-0.15, -0.1) is 15.7 Å². The third kappa shape index (κ3) is 2.85. The van der Waals surface area contributed by atoms with Gasteiger partial charge in [-0.1, -0.05) is 24.8 Å². The van der Waals surface area contributed by atoms with Crippen LogP contribution in [0.15, 0.2) is 26.1 Å². The SMILES string of the molecule is CC[C@@H]1SC(=NS(=O)(=O)c2cccs2)N(CC)C1=O. The van der Waals surface area contributed by atoms with Crippen LogP contribution in [-0.4, -0.2) is 36.2 Å². The van der Waals surface area contributed by atoms with E-state index in [1.54, 1.807) is 11.4 Å². The number of rotatable bonds is 4. The molecular weight excluding hydrogens is 304 g/mol. The van der Waals surface area contributed by atoms with Crippen LogP contribution in [0, 0.1) is 0 Å². The second kappa shape index (κ2) is 5.64. The van der Waals surface area contributed by atoms with Crippen LogP contribution in [0.5, 0.6) is 0 Å². The Labute approximate surface area is 120 Å². The molecule has 1 aliphatic heterocycles. The monoisotopic (exact) mass is 318 g/mol. The lowest BCUT2D eigenvalue weighted by Crippen LogP contribution is -2.32. The predicted octanol–water partition coefficient (Wildman–Crippen LogP) is 2.17. The van der Waals surface area contributed by atoms with E-state index in [4.69, 9.17) is 0 Å². The van der Waals surface area contributed by atoms with E-state index in [-0.39, 0.29) is 20.5 Å². The smallest absolute Gasteiger partial charge is 0.290 e. The van der Waals surface area contributed by atoms with Crippen LogP contribution >= 0.6 is 23.1 Å². The van der Waals surface area contributed by atoms with Crippen molar-refractivity contribution in [1.29, 1.82) is 0 Å². The Morgan fingerprint density at radius 2 is 2.16 bits per heavy atom. The first kappa shape index (κ1) is 14.5. The Bertz CT molecular complexity index is 593. The zero-order valence-electron chi connectivity index (χ0n) is 10.6. The summed E-state index contributed by atoms with van der Waals surface area (Å²) in [5.41, 5.74) is 0. The highest BCUT2D eigenvalue weighted by atomic mass is 32.2. The number of amidine groups is 1. The minimum absolute atomic E-state index is 0.0601. The standard InChI is InChI=1S/C11H14N2O3S3/c1-3-8-10(14)13(4-2)11(18-8)12-19(15,16)9-6-5-7-17-9/h5-8H,3-4H2,1-2H3/t8-/m0/s1. The summed E-state index contributed by atoms with van der Waals surface area (Å²) in [5, 5.41) is 1.75. The molecule has 0 radical (unpaired) electrons. The zero-order chi connectivity index (χ0) is 14.0. The number of sulfonamides is 1. The zero-order valence-corrected chi connectivity index (χ0v) is 13.0. The summed E-state index contributed by atoms with van der Waals surface area (Å²) in [5.74, 6) is -0.0601. The average molecular weight is 318 g/mol. The Balaban J connectivity index is 2.36. The first-order chi connectivity index (χ1) is 8.99. The van der Waals surface area contributed by atoms with Crippen molar-refractivity contribution in [3.05, 3.63) is 17.5 Å². The van der Waals surface area contributed by atoms with Crippen molar-refractivity contribution in [1.82, 2.24) is 4.90 Å². The van der Waals surface area contributed by atoms with Crippen LogP contribution in [0.3, 0.4) is 0 Å². The van der Waals surface area contributed by atoms with Gasteiger partial charge in [0.1, 0.15) is 4.21 Å². The van der Waals surface area contributed by atoms with E-state index in [1.807, 2.05) is 13.8 Å². The molecule has 0 N–H and O–H groups in total. The van der Waals surface area contributed by atoms with E-state index in [1.165, 1.54) is 22.7 Å². The highest BCUT2D eigenvalue weighted by Gasteiger charge is 2.37. The summed E-state index contributed by atoms with van der Waals surface area (Å²) in [4.78, 5) is 13.4. The first-order valence-electron chi connectivity index (χ1n) is 5.86. The molecule has 0 bridgehead atoms. The van der Waals surface area contributed by atoms with Crippen LogP contribution in [-0.2, 0) is 14.8 Å². The molecule has 1 saturated heterocycles. The van der Waals surface area contributed by atoms with Gasteiger partial charge < -0.3 is 0 Å². The van der Waals surface area contributed by atoms with Gasteiger partial charge in [-0.2, -0.15) is 8.42 Å². The molecule has 19 heavy (non-hydrogen) atoms. The van der Waals surface area contributed by atoms with E-state index in [9.17, 15) is 13.2 Å². The van der Waals surface area contributed by atoms with Crippen LogP contribution in [0.1, 0.15) is 20.3 Å². The minimum Gasteiger partial charge on any atom is -0.290 e. The second-order valence-electron chi connectivity index (χ2n) is 3.88. The lowest BCUT2D eigenvalue weighted by Gasteiger charge is -2.12. The molecule has 1 fully saturated rings. The van der Waals surface area contributed by atoms with Crippen LogP contribution in [0.25, 0.3) is 0 Å². The van der Waals surface area contributed by atoms with Crippen LogP contribution < -0.4 is 0 Å². The van der Waals surface area contributed by atoms with Gasteiger partial charge in [0.05, 0.1) is 5.25 Å². The minimum atomic E-state index is -3.71. The van der Waals surface area contributed by atoms with Crippen molar-refractivity contribution in [2.24, 2.45) is 4.40 Å². The van der Waals surface area contributed by atoms with Crippen molar-refractivity contribution in [2.45, 2.75) is 29.7 Å². The van der Waals surface area contributed by atoms with E-state index in [0.29, 0.717) is 13.0 Å². The molecule has 8 heteroatoms. The molecule has 0 spiro atoms. The van der Waals surface area contributed by atoms with E-state index in [2.05, 4.69) is 4.40 Å². The van der Waals surface area contributed by atoms with Crippen molar-refractivity contribution < 1.29 is 13.2 Å². The molecule has 5 nitrogen and oxygen atoms in total. The van der Waals surface area contributed by atoms with Crippen molar-refractivity contribution in [3.63, 3.8) is 0 Å². The maximum atomic E-state index is 12.1. The van der Waals surface area contributed by atoms with Crippen LogP contribution in [0.2, 0.25) is 0 Å². The molecule has 1 aromatic rings. The van der Waals surface area contributed by atoms with E-state index < -0.39 is 10.0 Å². The summed E-state index contributed by atoms with van der Waals surface area (Å²) >= 11 is 2.35. The van der Waals surface area contributed by atoms with Crippen LogP contribution in [0.4, 0.5) is 0 Å². The highest BCUT2D eigenvalue weighted by Crippen LogP contribution is 2.31. The summed E-state index contributed by atoms with van der Waals surface area (Å²) in [6.07, 6.45) is 0.665. The summed E-state index contributed by atoms with van der Waals surface area (Å²) < 4.78 is 28.2. The largest absolute Gasteiger partial charge is 0.294 e. The molecule has 0 aromatic carbocycles. The van der Waals surface area contributed by atoms with Gasteiger partial charge in [0.25, 0.3) is 10.0 Å². The first-order valence-corrected chi connectivity index (χ1v) is 9.06. The number of carbonyl (C=O) groups is 1. The third-order valence-electron chi connectivity index (χ3n) is 2.65. The van der Waals surface area contributed by atoms with Crippen molar-refractivity contribution in [2.75, 3.05) is 6.54 Å². The Morgan fingerprint density at radius 1 is 1.42 bits per heavy atom. The number of thioether (sulfide) groups is 1. The van der Waals surface area contributed by atoms with Gasteiger partial charge in [0.15, 0.2) is 5.17 Å². The van der Waals surface area contributed by atoms with Gasteiger partial charge in [-0.3, -0.25) is 9.69 Å². The fraction of sp³-hybridized carbons (Fsp3) is 0.455. The van der Waals surface area contributed by atoms with Gasteiger partial charge in [-0.05, 0) is 24.8 Å². The maximum Gasteiger partial charge on any atom is 0.294 e. The topological polar surface area (TPSA) is 66.8 Å². The second-order valence-corrected chi connectivity index (χ2v) is 7.83. The number of thiophene rings is 1. The van der Waals surface area contributed by atoms with E-state index in [0.717, 1.165) is 11.3 Å². The molecule has 1 aromatic heterocycles. The molecule has 1 amide bonds. The fourth-order valence-corrected chi connectivity index (χ4v) is 5.01. The lowest BCUT2D eigenvalue weighted by molar-refractivity contribution is -0.126. The maximum absolute atomic E-state index is 12.1. The number of hydrogen-bond donors (Lipinski definition) is 0. The lowest BCUT2D eigenvalue weighted by atomic mass is 10.3. The quantitative estimate of drug-likeness (QED) is 0.853. The fourth-order valence-electron chi connectivity index (χ4n) is 1.69. The third-order valence-corrected chi connectivity index (χ3v) is 6.75. The molecule has 2 rings (SSSR count). The van der Waals surface area contributed by atoms with Gasteiger partial charge in [-0.25, -0.2) is 0 Å². The number of nitrogens with zero attached hydrogens (tertiary/aromatic N) is 2. The van der Waals surface area contributed by atoms with Crippen molar-refractivity contribution in [3.8, 4) is 0 Å². The molecule has 104 valence electrons. The van der Waals surface area contributed by atoms with Gasteiger partial charge in [0, 0.05) is 6.54 Å². The normalized spacial score (nSPS) is 22.4. The van der Waals surface area contributed by atoms with Crippen molar-refractivity contribution >= 4 is 44.2 Å². The van der Waals surface area contributed by atoms with E-state index >= 15 is 0 Å².